The second-order valence-corrected chi connectivity index (χ2v) is 5.99. The molecular weight excluding hydrogens is 352 g/mol. The molecule has 0 fully saturated rings. The van der Waals surface area contributed by atoms with Crippen molar-refractivity contribution in [3.05, 3.63) is 57.5 Å². The Hall–Kier alpha value is -1.52. The molecule has 2 N–H and O–H groups in total. The number of aryl methyl sites for hydroxylation is 1. The molecule has 2 rings (SSSR count). The lowest BCUT2D eigenvalue weighted by molar-refractivity contribution is -0.115. The normalized spacial score (nSPS) is 10.2. The molecule has 0 radical (unpaired) electrons. The summed E-state index contributed by atoms with van der Waals surface area (Å²) in [6.07, 6.45) is 0.391. The minimum absolute atomic E-state index is 0.0430. The molecule has 0 aliphatic rings. The topological polar surface area (TPSA) is 41.1 Å². The van der Waals surface area contributed by atoms with E-state index in [-0.39, 0.29) is 5.91 Å². The molecule has 0 aromatic heterocycles. The predicted molar refractivity (Wildman–Crippen MR) is 92.1 cm³/mol. The van der Waals surface area contributed by atoms with Gasteiger partial charge in [-0.25, -0.2) is 0 Å². The van der Waals surface area contributed by atoms with Crippen LogP contribution in [0.5, 0.6) is 0 Å². The van der Waals surface area contributed by atoms with E-state index in [1.807, 2.05) is 31.2 Å². The smallest absolute Gasteiger partial charge is 0.226 e. The highest BCUT2D eigenvalue weighted by atomic mass is 79.9. The van der Waals surface area contributed by atoms with Crippen LogP contribution >= 0.6 is 27.5 Å². The van der Waals surface area contributed by atoms with Crippen LogP contribution in [-0.2, 0) is 4.79 Å². The fourth-order valence-electron chi connectivity index (χ4n) is 1.86. The third-order valence-electron chi connectivity index (χ3n) is 2.95. The molecular formula is C16H16BrClN2O. The maximum atomic E-state index is 11.8. The molecule has 0 unspecified atom stereocenters. The zero-order valence-corrected chi connectivity index (χ0v) is 14.0. The number of benzene rings is 2. The molecule has 0 saturated heterocycles. The summed E-state index contributed by atoms with van der Waals surface area (Å²) < 4.78 is 1.08. The lowest BCUT2D eigenvalue weighted by Gasteiger charge is -2.09. The molecule has 5 heteroatoms. The Labute approximate surface area is 137 Å². The SMILES string of the molecule is Cc1cc(NCCC(=O)Nc2cccc(Cl)c2)ccc1Br. The van der Waals surface area contributed by atoms with Crippen LogP contribution in [0.2, 0.25) is 5.02 Å². The Kier molecular flexibility index (Phi) is 5.65. The summed E-state index contributed by atoms with van der Waals surface area (Å²) in [5.74, 6) is -0.0430. The highest BCUT2D eigenvalue weighted by molar-refractivity contribution is 9.10. The monoisotopic (exact) mass is 366 g/mol. The summed E-state index contributed by atoms with van der Waals surface area (Å²) in [5, 5.41) is 6.66. The van der Waals surface area contributed by atoms with Crippen molar-refractivity contribution in [3.8, 4) is 0 Å². The number of nitrogens with one attached hydrogen (secondary N) is 2. The van der Waals surface area contributed by atoms with Crippen molar-refractivity contribution in [1.29, 1.82) is 0 Å². The first-order valence-corrected chi connectivity index (χ1v) is 7.77. The Balaban J connectivity index is 1.80. The summed E-state index contributed by atoms with van der Waals surface area (Å²) in [7, 11) is 0. The van der Waals surface area contributed by atoms with E-state index < -0.39 is 0 Å². The van der Waals surface area contributed by atoms with Gasteiger partial charge in [0.2, 0.25) is 5.91 Å². The first-order valence-electron chi connectivity index (χ1n) is 6.60. The van der Waals surface area contributed by atoms with Gasteiger partial charge < -0.3 is 10.6 Å². The summed E-state index contributed by atoms with van der Waals surface area (Å²) in [6.45, 7) is 2.61. The first kappa shape index (κ1) is 15.9. The number of carbonyl (C=O) groups is 1. The van der Waals surface area contributed by atoms with Gasteiger partial charge in [0, 0.05) is 33.8 Å². The average Bonchev–Trinajstić information content (AvgIpc) is 2.43. The number of carbonyl (C=O) groups excluding carboxylic acids is 1. The van der Waals surface area contributed by atoms with Crippen molar-refractivity contribution >= 4 is 44.8 Å². The average molecular weight is 368 g/mol. The molecule has 0 heterocycles. The minimum atomic E-state index is -0.0430. The van der Waals surface area contributed by atoms with Crippen LogP contribution in [0.3, 0.4) is 0 Å². The number of halogens is 2. The van der Waals surface area contributed by atoms with Crippen LogP contribution in [0.1, 0.15) is 12.0 Å². The molecule has 0 bridgehead atoms. The zero-order valence-electron chi connectivity index (χ0n) is 11.6. The first-order chi connectivity index (χ1) is 10.0. The van der Waals surface area contributed by atoms with Gasteiger partial charge in [0.15, 0.2) is 0 Å². The number of amides is 1. The van der Waals surface area contributed by atoms with Gasteiger partial charge in [-0.05, 0) is 48.9 Å². The Morgan fingerprint density at radius 2 is 2.00 bits per heavy atom. The van der Waals surface area contributed by atoms with Gasteiger partial charge in [-0.3, -0.25) is 4.79 Å². The molecule has 2 aromatic rings. The third-order valence-corrected chi connectivity index (χ3v) is 4.07. The van der Waals surface area contributed by atoms with E-state index in [0.717, 1.165) is 15.7 Å². The largest absolute Gasteiger partial charge is 0.385 e. The van der Waals surface area contributed by atoms with Crippen molar-refractivity contribution in [2.24, 2.45) is 0 Å². The van der Waals surface area contributed by atoms with Crippen LogP contribution in [0.4, 0.5) is 11.4 Å². The van der Waals surface area contributed by atoms with Gasteiger partial charge in [0.05, 0.1) is 0 Å². The van der Waals surface area contributed by atoms with Gasteiger partial charge >= 0.3 is 0 Å². The highest BCUT2D eigenvalue weighted by Crippen LogP contribution is 2.20. The lowest BCUT2D eigenvalue weighted by atomic mass is 10.2. The number of anilines is 2. The Bertz CT molecular complexity index is 646. The van der Waals surface area contributed by atoms with E-state index in [0.29, 0.717) is 23.7 Å². The molecule has 1 amide bonds. The van der Waals surface area contributed by atoms with Crippen LogP contribution < -0.4 is 10.6 Å². The zero-order chi connectivity index (χ0) is 15.2. The van der Waals surface area contributed by atoms with Crippen LogP contribution in [0.25, 0.3) is 0 Å². The van der Waals surface area contributed by atoms with Gasteiger partial charge in [0.1, 0.15) is 0 Å². The van der Waals surface area contributed by atoms with E-state index in [4.69, 9.17) is 11.6 Å². The minimum Gasteiger partial charge on any atom is -0.385 e. The van der Waals surface area contributed by atoms with Crippen LogP contribution in [-0.4, -0.2) is 12.5 Å². The van der Waals surface area contributed by atoms with Gasteiger partial charge in [-0.2, -0.15) is 0 Å². The van der Waals surface area contributed by atoms with E-state index in [2.05, 4.69) is 26.6 Å². The van der Waals surface area contributed by atoms with Gasteiger partial charge in [-0.15, -0.1) is 0 Å². The summed E-state index contributed by atoms with van der Waals surface area (Å²) in [4.78, 5) is 11.8. The van der Waals surface area contributed by atoms with E-state index in [9.17, 15) is 4.79 Å². The molecule has 110 valence electrons. The Morgan fingerprint density at radius 3 is 2.71 bits per heavy atom. The van der Waals surface area contributed by atoms with E-state index in [1.165, 1.54) is 0 Å². The van der Waals surface area contributed by atoms with Crippen molar-refractivity contribution in [2.45, 2.75) is 13.3 Å². The second kappa shape index (κ2) is 7.48. The third kappa shape index (κ3) is 5.06. The second-order valence-electron chi connectivity index (χ2n) is 4.70. The molecule has 21 heavy (non-hydrogen) atoms. The Morgan fingerprint density at radius 1 is 1.19 bits per heavy atom. The lowest BCUT2D eigenvalue weighted by Crippen LogP contribution is -2.16. The number of hydrogen-bond donors (Lipinski definition) is 2. The van der Waals surface area contributed by atoms with Crippen molar-refractivity contribution in [1.82, 2.24) is 0 Å². The summed E-state index contributed by atoms with van der Waals surface area (Å²) in [6, 6.07) is 13.1. The highest BCUT2D eigenvalue weighted by Gasteiger charge is 2.03. The standard InChI is InChI=1S/C16H16BrClN2O/c1-11-9-13(5-6-15(11)17)19-8-7-16(21)20-14-4-2-3-12(18)10-14/h2-6,9-10,19H,7-8H2,1H3,(H,20,21). The quantitative estimate of drug-likeness (QED) is 0.793. The fraction of sp³-hybridized carbons (Fsp3) is 0.188. The van der Waals surface area contributed by atoms with Crippen molar-refractivity contribution in [3.63, 3.8) is 0 Å². The van der Waals surface area contributed by atoms with Crippen LogP contribution in [0.15, 0.2) is 46.9 Å². The summed E-state index contributed by atoms with van der Waals surface area (Å²) >= 11 is 9.33. The van der Waals surface area contributed by atoms with Gasteiger partial charge in [-0.1, -0.05) is 33.6 Å². The van der Waals surface area contributed by atoms with Gasteiger partial charge in [0.25, 0.3) is 0 Å². The molecule has 0 aliphatic carbocycles. The van der Waals surface area contributed by atoms with Crippen molar-refractivity contribution < 1.29 is 4.79 Å². The van der Waals surface area contributed by atoms with Crippen molar-refractivity contribution in [2.75, 3.05) is 17.2 Å². The maximum absolute atomic E-state index is 11.8. The predicted octanol–water partition coefficient (Wildman–Crippen LogP) is 4.85. The molecule has 0 aliphatic heterocycles. The molecule has 3 nitrogen and oxygen atoms in total. The molecule has 2 aromatic carbocycles. The molecule has 0 saturated carbocycles. The molecule has 0 atom stereocenters. The van der Waals surface area contributed by atoms with E-state index >= 15 is 0 Å². The number of hydrogen-bond acceptors (Lipinski definition) is 2. The van der Waals surface area contributed by atoms with Crippen LogP contribution in [0, 0.1) is 6.92 Å². The number of rotatable bonds is 5. The fourth-order valence-corrected chi connectivity index (χ4v) is 2.30. The molecule has 0 spiro atoms. The van der Waals surface area contributed by atoms with E-state index in [1.54, 1.807) is 18.2 Å². The summed E-state index contributed by atoms with van der Waals surface area (Å²) in [5.41, 5.74) is 2.88. The maximum Gasteiger partial charge on any atom is 0.226 e.